The first-order chi connectivity index (χ1) is 14.7. The van der Waals surface area contributed by atoms with Gasteiger partial charge in [-0.05, 0) is 48.7 Å². The summed E-state index contributed by atoms with van der Waals surface area (Å²) in [6.45, 7) is 1.91. The molecule has 1 amide bonds. The van der Waals surface area contributed by atoms with E-state index in [1.807, 2.05) is 97.9 Å². The van der Waals surface area contributed by atoms with E-state index in [2.05, 4.69) is 5.32 Å². The standard InChI is InChI=1S/C26H19NO3/c1-17-22-16-11-18-7-5-6-10-23(18)25(22)30-24(17)26(28)27-19-12-14-21(15-13-19)29-20-8-3-2-4-9-20/h2-16H,1H3,(H,27,28). The molecule has 0 aliphatic carbocycles. The third kappa shape index (κ3) is 3.29. The van der Waals surface area contributed by atoms with Gasteiger partial charge in [0.15, 0.2) is 5.76 Å². The molecular formula is C26H19NO3. The fourth-order valence-electron chi connectivity index (χ4n) is 3.58. The zero-order valence-corrected chi connectivity index (χ0v) is 16.4. The summed E-state index contributed by atoms with van der Waals surface area (Å²) in [4.78, 5) is 12.9. The smallest absolute Gasteiger partial charge is 0.291 e. The summed E-state index contributed by atoms with van der Waals surface area (Å²) in [6.07, 6.45) is 0. The maximum absolute atomic E-state index is 12.9. The van der Waals surface area contributed by atoms with E-state index in [0.29, 0.717) is 17.2 Å². The Kier molecular flexibility index (Phi) is 4.45. The van der Waals surface area contributed by atoms with Crippen LogP contribution in [0.25, 0.3) is 21.7 Å². The number of furan rings is 1. The molecule has 0 aliphatic rings. The van der Waals surface area contributed by atoms with Crippen molar-refractivity contribution in [2.45, 2.75) is 6.92 Å². The van der Waals surface area contributed by atoms with Gasteiger partial charge in [-0.3, -0.25) is 4.79 Å². The van der Waals surface area contributed by atoms with Gasteiger partial charge >= 0.3 is 0 Å². The van der Waals surface area contributed by atoms with Crippen LogP contribution in [0.15, 0.2) is 95.4 Å². The van der Waals surface area contributed by atoms with Gasteiger partial charge in [-0.2, -0.15) is 0 Å². The predicted octanol–water partition coefficient (Wildman–Crippen LogP) is 6.94. The lowest BCUT2D eigenvalue weighted by molar-refractivity contribution is 0.0998. The fraction of sp³-hybridized carbons (Fsp3) is 0.0385. The Hall–Kier alpha value is -4.05. The molecular weight excluding hydrogens is 374 g/mol. The number of para-hydroxylation sites is 1. The van der Waals surface area contributed by atoms with E-state index in [4.69, 9.17) is 9.15 Å². The molecule has 0 bridgehead atoms. The monoisotopic (exact) mass is 393 g/mol. The highest BCUT2D eigenvalue weighted by molar-refractivity contribution is 6.11. The van der Waals surface area contributed by atoms with Crippen molar-refractivity contribution in [3.05, 3.63) is 102 Å². The molecule has 4 aromatic carbocycles. The Morgan fingerprint density at radius 3 is 2.27 bits per heavy atom. The second-order valence-corrected chi connectivity index (χ2v) is 7.11. The van der Waals surface area contributed by atoms with Crippen molar-refractivity contribution in [3.63, 3.8) is 0 Å². The van der Waals surface area contributed by atoms with Gasteiger partial charge in [0.25, 0.3) is 5.91 Å². The minimum absolute atomic E-state index is 0.274. The molecule has 0 fully saturated rings. The summed E-state index contributed by atoms with van der Waals surface area (Å²) >= 11 is 0. The van der Waals surface area contributed by atoms with Gasteiger partial charge in [-0.1, -0.05) is 54.6 Å². The summed E-state index contributed by atoms with van der Waals surface area (Å²) in [7, 11) is 0. The molecule has 0 radical (unpaired) electrons. The zero-order chi connectivity index (χ0) is 20.5. The van der Waals surface area contributed by atoms with Crippen molar-refractivity contribution < 1.29 is 13.9 Å². The van der Waals surface area contributed by atoms with Crippen LogP contribution in [0, 0.1) is 6.92 Å². The molecule has 1 heterocycles. The van der Waals surface area contributed by atoms with Crippen molar-refractivity contribution in [1.82, 2.24) is 0 Å². The minimum Gasteiger partial charge on any atom is -0.457 e. The largest absolute Gasteiger partial charge is 0.457 e. The Morgan fingerprint density at radius 2 is 1.47 bits per heavy atom. The lowest BCUT2D eigenvalue weighted by Gasteiger charge is -2.07. The number of fused-ring (bicyclic) bond motifs is 3. The summed E-state index contributed by atoms with van der Waals surface area (Å²) in [5, 5.41) is 5.94. The van der Waals surface area contributed by atoms with Gasteiger partial charge in [0, 0.05) is 22.0 Å². The second-order valence-electron chi connectivity index (χ2n) is 7.11. The van der Waals surface area contributed by atoms with Crippen molar-refractivity contribution in [2.24, 2.45) is 0 Å². The molecule has 0 saturated carbocycles. The highest BCUT2D eigenvalue weighted by atomic mass is 16.5. The number of hydrogen-bond acceptors (Lipinski definition) is 3. The number of hydrogen-bond donors (Lipinski definition) is 1. The van der Waals surface area contributed by atoms with E-state index in [-0.39, 0.29) is 5.91 Å². The molecule has 5 rings (SSSR count). The molecule has 146 valence electrons. The summed E-state index contributed by atoms with van der Waals surface area (Å²) in [5.41, 5.74) is 2.24. The molecule has 0 saturated heterocycles. The lowest BCUT2D eigenvalue weighted by Crippen LogP contribution is -2.11. The van der Waals surface area contributed by atoms with Gasteiger partial charge in [-0.25, -0.2) is 0 Å². The Bertz CT molecular complexity index is 1350. The number of nitrogens with one attached hydrogen (secondary N) is 1. The van der Waals surface area contributed by atoms with Crippen molar-refractivity contribution >= 4 is 33.3 Å². The zero-order valence-electron chi connectivity index (χ0n) is 16.4. The Morgan fingerprint density at radius 1 is 0.767 bits per heavy atom. The molecule has 0 aliphatic heterocycles. The van der Waals surface area contributed by atoms with Gasteiger partial charge in [0.05, 0.1) is 0 Å². The van der Waals surface area contributed by atoms with E-state index in [0.717, 1.165) is 33.1 Å². The third-order valence-electron chi connectivity index (χ3n) is 5.13. The average Bonchev–Trinajstić information content (AvgIpc) is 3.13. The quantitative estimate of drug-likeness (QED) is 0.360. The number of aryl methyl sites for hydroxylation is 1. The number of ether oxygens (including phenoxy) is 1. The normalized spacial score (nSPS) is 11.0. The SMILES string of the molecule is Cc1c(C(=O)Nc2ccc(Oc3ccccc3)cc2)oc2c1ccc1ccccc12. The van der Waals surface area contributed by atoms with E-state index in [1.54, 1.807) is 0 Å². The number of carbonyl (C=O) groups is 1. The molecule has 5 aromatic rings. The molecule has 0 spiro atoms. The predicted molar refractivity (Wildman–Crippen MR) is 119 cm³/mol. The lowest BCUT2D eigenvalue weighted by atomic mass is 10.1. The van der Waals surface area contributed by atoms with Crippen molar-refractivity contribution in [3.8, 4) is 11.5 Å². The summed E-state index contributed by atoms with van der Waals surface area (Å²) < 4.78 is 11.8. The molecule has 4 nitrogen and oxygen atoms in total. The first kappa shape index (κ1) is 18.0. The van der Waals surface area contributed by atoms with Crippen LogP contribution in [0.5, 0.6) is 11.5 Å². The summed E-state index contributed by atoms with van der Waals surface area (Å²) in [6, 6.07) is 28.9. The Labute approximate surface area is 173 Å². The number of benzene rings is 4. The summed E-state index contributed by atoms with van der Waals surface area (Å²) in [5.74, 6) is 1.51. The van der Waals surface area contributed by atoms with E-state index in [9.17, 15) is 4.79 Å². The van der Waals surface area contributed by atoms with E-state index in [1.165, 1.54) is 0 Å². The van der Waals surface area contributed by atoms with Crippen LogP contribution in [-0.4, -0.2) is 5.91 Å². The molecule has 1 aromatic heterocycles. The van der Waals surface area contributed by atoms with Crippen LogP contribution < -0.4 is 10.1 Å². The van der Waals surface area contributed by atoms with Crippen LogP contribution in [0.1, 0.15) is 16.1 Å². The van der Waals surface area contributed by atoms with Crippen LogP contribution >= 0.6 is 0 Å². The number of amides is 1. The molecule has 30 heavy (non-hydrogen) atoms. The number of rotatable bonds is 4. The number of carbonyl (C=O) groups excluding carboxylic acids is 1. The molecule has 0 atom stereocenters. The van der Waals surface area contributed by atoms with Crippen LogP contribution in [-0.2, 0) is 0 Å². The topological polar surface area (TPSA) is 51.5 Å². The minimum atomic E-state index is -0.274. The highest BCUT2D eigenvalue weighted by Gasteiger charge is 2.19. The van der Waals surface area contributed by atoms with E-state index >= 15 is 0 Å². The van der Waals surface area contributed by atoms with Crippen molar-refractivity contribution in [2.75, 3.05) is 5.32 Å². The molecule has 1 N–H and O–H groups in total. The van der Waals surface area contributed by atoms with Crippen LogP contribution in [0.3, 0.4) is 0 Å². The van der Waals surface area contributed by atoms with Crippen molar-refractivity contribution in [1.29, 1.82) is 0 Å². The van der Waals surface area contributed by atoms with Gasteiger partial charge < -0.3 is 14.5 Å². The molecule has 4 heteroatoms. The molecule has 0 unspecified atom stereocenters. The van der Waals surface area contributed by atoms with Gasteiger partial charge in [0.2, 0.25) is 0 Å². The second kappa shape index (κ2) is 7.41. The van der Waals surface area contributed by atoms with Crippen LogP contribution in [0.4, 0.5) is 5.69 Å². The maximum atomic E-state index is 12.9. The third-order valence-corrected chi connectivity index (χ3v) is 5.13. The Balaban J connectivity index is 1.39. The number of anilines is 1. The fourth-order valence-corrected chi connectivity index (χ4v) is 3.58. The first-order valence-corrected chi connectivity index (χ1v) is 9.74. The van der Waals surface area contributed by atoms with Crippen LogP contribution in [0.2, 0.25) is 0 Å². The first-order valence-electron chi connectivity index (χ1n) is 9.74. The highest BCUT2D eigenvalue weighted by Crippen LogP contribution is 2.32. The van der Waals surface area contributed by atoms with Gasteiger partial charge in [-0.15, -0.1) is 0 Å². The van der Waals surface area contributed by atoms with Gasteiger partial charge in [0.1, 0.15) is 17.1 Å². The average molecular weight is 393 g/mol. The van der Waals surface area contributed by atoms with E-state index < -0.39 is 0 Å². The maximum Gasteiger partial charge on any atom is 0.291 e.